The minimum atomic E-state index is -3.74. The van der Waals surface area contributed by atoms with Crippen molar-refractivity contribution in [2.75, 3.05) is 129 Å². The molecule has 8 fully saturated rings. The summed E-state index contributed by atoms with van der Waals surface area (Å²) in [6.45, 7) is 11.7. The van der Waals surface area contributed by atoms with Gasteiger partial charge in [0.15, 0.2) is 57.4 Å². The second-order valence-electron chi connectivity index (χ2n) is 34.8. The molecule has 16 aromatic heterocycles. The number of anilines is 5. The lowest BCUT2D eigenvalue weighted by molar-refractivity contribution is -0.136. The highest BCUT2D eigenvalue weighted by atomic mass is 32.2. The van der Waals surface area contributed by atoms with E-state index in [4.69, 9.17) is 14.9 Å². The van der Waals surface area contributed by atoms with Gasteiger partial charge >= 0.3 is 6.09 Å². The number of halogens is 10. The second-order valence-corrected chi connectivity index (χ2v) is 36.4. The molecule has 144 heavy (non-hydrogen) atoms. The van der Waals surface area contributed by atoms with Crippen molar-refractivity contribution in [1.29, 1.82) is 0 Å². The van der Waals surface area contributed by atoms with E-state index in [0.717, 1.165) is 81.4 Å². The minimum Gasteiger partial charge on any atom is -0.447 e. The van der Waals surface area contributed by atoms with E-state index in [1.807, 2.05) is 46.0 Å². The number of rotatable bonds is 17. The number of nitrogens with zero attached hydrogens (tertiary/aromatic N) is 35. The number of nitrogens with one attached hydrogen (secondary N) is 1. The topological polar surface area (TPSA) is 458 Å². The van der Waals surface area contributed by atoms with Crippen LogP contribution in [-0.4, -0.2) is 300 Å². The highest BCUT2D eigenvalue weighted by Crippen LogP contribution is 2.37. The van der Waals surface area contributed by atoms with E-state index in [1.54, 1.807) is 71.0 Å². The van der Waals surface area contributed by atoms with Crippen molar-refractivity contribution in [2.45, 2.75) is 114 Å². The number of imidazole rings is 5. The summed E-state index contributed by atoms with van der Waals surface area (Å²) in [5.41, 5.74) is 5.41. The van der Waals surface area contributed by atoms with Crippen LogP contribution < -0.4 is 29.6 Å². The van der Waals surface area contributed by atoms with Crippen LogP contribution in [0.5, 0.6) is 0 Å². The summed E-state index contributed by atoms with van der Waals surface area (Å²) in [7, 11) is -3.74. The summed E-state index contributed by atoms with van der Waals surface area (Å²) >= 11 is 0. The maximum atomic E-state index is 13.1. The lowest BCUT2D eigenvalue weighted by atomic mass is 9.91. The molecule has 8 saturated heterocycles. The standard InChI is InChI=1S/C20H20F2N8.C19H19F2N7O.C18H17F2N7O.C17H15F2N7O2.C16H18F2N8O2S/c1-12-14(7-26-28-12)13-3-2-6-29(10-13)17-4-5-23-20(27-17)16-8-25-18-9-24-15(19(21)22)11-30(16)18;20-18(21)13-11-28-14(8-24-16(28)9-23-13)19-22-5-4-15(25-19)26-6-7-27-12(10-26)2-1-3-17(27)29;19-17(20)12-10-27-13(7-23-15(27)8-22-12)18-21-4-3-14(24-18)25-5-6-26-11(9-25)1-2-16(26)28;18-15(19)11-8-26-12(5-22-14(26)6-21-11)16-20-2-1-13(23-16)24-3-4-25-10(7-24)9-28-17(25)27;17-15(18)11-10-26-12(8-22-14(26)9-21-11)16-20-3-2-13(23-16)24-4-1-5-25(7-6-24)29(19,27)28/h4-5,7-9,11,13,19H,2-3,6,10H2,1H3,(H,26,28);4-5,8-9,11-12,18H,1-3,6-7,10H2;3-4,7-8,10-11,17H,1-2,5-6,9H2;1-2,5-6,8,10,15H,3-4,7,9H2;2-3,8-10,15H,1,4-7H2,(H2,19,27,28). The lowest BCUT2D eigenvalue weighted by Gasteiger charge is -2.44. The van der Waals surface area contributed by atoms with Gasteiger partial charge in [0.25, 0.3) is 42.3 Å². The third-order valence-corrected chi connectivity index (χ3v) is 27.1. The van der Waals surface area contributed by atoms with Gasteiger partial charge in [-0.2, -0.15) is 17.8 Å². The molecule has 3 N–H and O–H groups in total. The number of H-pyrrole nitrogens is 1. The number of cyclic esters (lactones) is 1. The molecule has 8 aliphatic rings. The zero-order chi connectivity index (χ0) is 99.7. The molecule has 0 aromatic carbocycles. The van der Waals surface area contributed by atoms with Crippen LogP contribution in [-0.2, 0) is 24.5 Å². The number of hydrogen-bond donors (Lipinski definition) is 2. The largest absolute Gasteiger partial charge is 0.447 e. The van der Waals surface area contributed by atoms with Crippen molar-refractivity contribution < 1.29 is 71.4 Å². The number of carbonyl (C=O) groups excluding carboxylic acids is 3. The Kier molecular flexibility index (Phi) is 27.2. The normalized spacial score (nSPS) is 18.5. The molecule has 16 aromatic rings. The fraction of sp³-hybridized carbons (Fsp3) is 0.378. The highest BCUT2D eigenvalue weighted by molar-refractivity contribution is 7.86. The number of piperazine rings is 3. The monoisotopic (exact) mass is 2010 g/mol. The smallest absolute Gasteiger partial charge is 0.410 e. The van der Waals surface area contributed by atoms with Crippen molar-refractivity contribution in [3.63, 3.8) is 0 Å². The molecule has 0 aliphatic carbocycles. The van der Waals surface area contributed by atoms with Crippen LogP contribution in [0.15, 0.2) is 160 Å². The van der Waals surface area contributed by atoms with Crippen LogP contribution in [0.4, 0.5) is 77.8 Å². The average molecular weight is 2010 g/mol. The second kappa shape index (κ2) is 41.0. The van der Waals surface area contributed by atoms with E-state index >= 15 is 0 Å². The van der Waals surface area contributed by atoms with Crippen molar-refractivity contribution in [1.82, 2.24) is 151 Å². The number of fused-ring (bicyclic) bond motifs is 8. The number of aryl methyl sites for hydroxylation is 1. The molecular formula is C90H89F10N37O6S. The Labute approximate surface area is 810 Å². The van der Waals surface area contributed by atoms with Gasteiger partial charge in [0.05, 0.1) is 74.2 Å². The van der Waals surface area contributed by atoms with Gasteiger partial charge in [0, 0.05) is 197 Å². The number of nitrogens with two attached hydrogens (primary N) is 1. The minimum absolute atomic E-state index is 0.00450. The Hall–Kier alpha value is -15.9. The number of ether oxygens (including phenoxy) is 1. The van der Waals surface area contributed by atoms with E-state index < -0.39 is 42.3 Å². The average Bonchev–Trinajstić information content (AvgIpc) is 1.66. The molecule has 24 rings (SSSR count). The molecule has 746 valence electrons. The first-order chi connectivity index (χ1) is 69.7. The molecule has 24 heterocycles. The summed E-state index contributed by atoms with van der Waals surface area (Å²) in [5.74, 6) is 6.39. The van der Waals surface area contributed by atoms with Crippen molar-refractivity contribution in [3.8, 4) is 57.6 Å². The quantitative estimate of drug-likeness (QED) is 0.0800. The van der Waals surface area contributed by atoms with E-state index in [0.29, 0.717) is 195 Å². The Morgan fingerprint density at radius 3 is 1.06 bits per heavy atom. The molecular weight excluding hydrogens is 1920 g/mol. The molecule has 0 bridgehead atoms. The zero-order valence-corrected chi connectivity index (χ0v) is 77.4. The van der Waals surface area contributed by atoms with Crippen LogP contribution in [0, 0.1) is 6.92 Å². The lowest BCUT2D eigenvalue weighted by Crippen LogP contribution is -2.57. The first-order valence-corrected chi connectivity index (χ1v) is 47.5. The molecule has 0 spiro atoms. The van der Waals surface area contributed by atoms with Crippen molar-refractivity contribution in [2.24, 2.45) is 5.14 Å². The van der Waals surface area contributed by atoms with Crippen molar-refractivity contribution in [3.05, 3.63) is 200 Å². The molecule has 4 unspecified atom stereocenters. The van der Waals surface area contributed by atoms with Gasteiger partial charge in [0.1, 0.15) is 92.6 Å². The van der Waals surface area contributed by atoms with Crippen LogP contribution in [0.25, 0.3) is 85.8 Å². The maximum Gasteiger partial charge on any atom is 0.410 e. The summed E-state index contributed by atoms with van der Waals surface area (Å²) in [4.78, 5) is 136. The summed E-state index contributed by atoms with van der Waals surface area (Å²) in [6.07, 6.45) is 23.7. The number of piperidine rings is 2. The Morgan fingerprint density at radius 1 is 0.354 bits per heavy atom. The Balaban J connectivity index is 0.000000110. The molecule has 0 radical (unpaired) electrons. The van der Waals surface area contributed by atoms with E-state index in [-0.39, 0.29) is 71.0 Å². The maximum absolute atomic E-state index is 13.1. The van der Waals surface area contributed by atoms with Crippen LogP contribution >= 0.6 is 0 Å². The van der Waals surface area contributed by atoms with Crippen LogP contribution in [0.2, 0.25) is 0 Å². The van der Waals surface area contributed by atoms with Gasteiger partial charge < -0.3 is 39.0 Å². The fourth-order valence-electron chi connectivity index (χ4n) is 18.8. The molecule has 0 saturated carbocycles. The van der Waals surface area contributed by atoms with Gasteiger partial charge in [-0.25, -0.2) is 154 Å². The van der Waals surface area contributed by atoms with Gasteiger partial charge in [-0.05, 0) is 81.3 Å². The van der Waals surface area contributed by atoms with Gasteiger partial charge in [-0.15, -0.1) is 0 Å². The van der Waals surface area contributed by atoms with Gasteiger partial charge in [-0.3, -0.25) is 41.6 Å². The number of hydrogen-bond acceptors (Lipinski definition) is 32. The van der Waals surface area contributed by atoms with Crippen LogP contribution in [0.3, 0.4) is 0 Å². The third-order valence-electron chi connectivity index (χ3n) is 26.1. The van der Waals surface area contributed by atoms with Gasteiger partial charge in [0.2, 0.25) is 11.8 Å². The van der Waals surface area contributed by atoms with E-state index in [2.05, 4.69) is 124 Å². The summed E-state index contributed by atoms with van der Waals surface area (Å²) in [6, 6.07) is 9.45. The summed E-state index contributed by atoms with van der Waals surface area (Å²) in [5, 5.41) is 12.4. The van der Waals surface area contributed by atoms with E-state index in [9.17, 15) is 66.7 Å². The number of amides is 3. The molecule has 4 atom stereocenters. The predicted molar refractivity (Wildman–Crippen MR) is 496 cm³/mol. The molecule has 8 aliphatic heterocycles. The highest BCUT2D eigenvalue weighted by Gasteiger charge is 2.41. The third kappa shape index (κ3) is 20.3. The first-order valence-electron chi connectivity index (χ1n) is 46.0. The van der Waals surface area contributed by atoms with Gasteiger partial charge in [-0.1, -0.05) is 0 Å². The molecule has 54 heteroatoms. The number of carbonyl (C=O) groups is 3. The number of aromatic amines is 1. The van der Waals surface area contributed by atoms with Crippen LogP contribution in [0.1, 0.15) is 129 Å². The zero-order valence-electron chi connectivity index (χ0n) is 76.5. The Morgan fingerprint density at radius 2 is 0.694 bits per heavy atom. The number of alkyl halides is 10. The molecule has 43 nitrogen and oxygen atoms in total. The summed E-state index contributed by atoms with van der Waals surface area (Å²) < 4.78 is 167. The molecule has 3 amide bonds. The van der Waals surface area contributed by atoms with E-state index in [1.165, 1.54) is 102 Å². The predicted octanol–water partition coefficient (Wildman–Crippen LogP) is 10.4. The van der Waals surface area contributed by atoms with Crippen molar-refractivity contribution >= 4 is 85.4 Å². The Bertz CT molecular complexity index is 7360. The SMILES string of the molecule is Cc1[nH]ncc1C1CCCN(c2ccnc(-c3cnc4cnc(C(F)F)cn34)n2)C1.NS(=O)(=O)N1CCCN(c2ccnc(-c3cnc4cnc(C(F)F)cn34)n2)CC1.O=C1CCC2CN(c3ccnc(-c4cnc5cnc(C(F)F)cn45)n3)CCN12.O=C1CCCC2CN(c3ccnc(-c4cnc5cnc(C(F)F)cn45)n3)CCN12.O=C1OCC2CN(c3ccnc(-c4cnc5cnc(C(F)F)cn45)n3)CCN12. The fourth-order valence-corrected chi connectivity index (χ4v) is 19.5. The number of aromatic nitrogens is 27. The first kappa shape index (κ1) is 95.6.